The molecule has 2 N–H and O–H groups in total. The van der Waals surface area contributed by atoms with Gasteiger partial charge in [0.25, 0.3) is 5.91 Å². The summed E-state index contributed by atoms with van der Waals surface area (Å²) in [6.45, 7) is 3.58. The summed E-state index contributed by atoms with van der Waals surface area (Å²) in [5.74, 6) is 1.04. The lowest BCUT2D eigenvalue weighted by Gasteiger charge is -2.18. The molecule has 2 aromatic carbocycles. The molecular formula is C19H24N2O5S. The summed E-state index contributed by atoms with van der Waals surface area (Å²) >= 11 is 0. The quantitative estimate of drug-likeness (QED) is 0.756. The first-order valence-electron chi connectivity index (χ1n) is 8.26. The average molecular weight is 392 g/mol. The number of anilines is 1. The van der Waals surface area contributed by atoms with E-state index in [1.165, 1.54) is 0 Å². The summed E-state index contributed by atoms with van der Waals surface area (Å²) in [7, 11) is -0.239. The van der Waals surface area contributed by atoms with Gasteiger partial charge in [-0.05, 0) is 55.8 Å². The van der Waals surface area contributed by atoms with E-state index in [9.17, 15) is 13.2 Å². The predicted octanol–water partition coefficient (Wildman–Crippen LogP) is 2.87. The van der Waals surface area contributed by atoms with Crippen molar-refractivity contribution in [3.05, 3.63) is 53.1 Å². The Morgan fingerprint density at radius 2 is 1.78 bits per heavy atom. The summed E-state index contributed by atoms with van der Waals surface area (Å²) in [4.78, 5) is 12.6. The van der Waals surface area contributed by atoms with Crippen LogP contribution in [0, 0.1) is 6.92 Å². The van der Waals surface area contributed by atoms with Gasteiger partial charge < -0.3 is 14.8 Å². The second kappa shape index (κ2) is 8.30. The molecule has 7 nitrogen and oxygen atoms in total. The molecule has 0 spiro atoms. The fourth-order valence-electron chi connectivity index (χ4n) is 2.65. The maximum Gasteiger partial charge on any atom is 0.251 e. The average Bonchev–Trinajstić information content (AvgIpc) is 2.61. The summed E-state index contributed by atoms with van der Waals surface area (Å²) < 4.78 is 35.8. The number of methoxy groups -OCH3 is 2. The van der Waals surface area contributed by atoms with E-state index >= 15 is 0 Å². The first-order chi connectivity index (χ1) is 12.6. The van der Waals surface area contributed by atoms with Gasteiger partial charge >= 0.3 is 0 Å². The van der Waals surface area contributed by atoms with Gasteiger partial charge in [0.15, 0.2) is 0 Å². The molecule has 2 aromatic rings. The highest BCUT2D eigenvalue weighted by Gasteiger charge is 2.17. The normalized spacial score (nSPS) is 12.2. The van der Waals surface area contributed by atoms with Gasteiger partial charge in [-0.2, -0.15) is 0 Å². The molecule has 1 atom stereocenters. The predicted molar refractivity (Wildman–Crippen MR) is 105 cm³/mol. The van der Waals surface area contributed by atoms with Crippen molar-refractivity contribution in [3.63, 3.8) is 0 Å². The van der Waals surface area contributed by atoms with E-state index in [4.69, 9.17) is 9.47 Å². The molecule has 0 heterocycles. The van der Waals surface area contributed by atoms with E-state index in [-0.39, 0.29) is 11.9 Å². The molecule has 2 rings (SSSR count). The van der Waals surface area contributed by atoms with Crippen molar-refractivity contribution in [2.45, 2.75) is 19.9 Å². The number of ether oxygens (including phenoxy) is 2. The third-order valence-electron chi connectivity index (χ3n) is 4.03. The Kier molecular flexibility index (Phi) is 6.32. The zero-order valence-electron chi connectivity index (χ0n) is 16.0. The van der Waals surface area contributed by atoms with Crippen LogP contribution in [-0.4, -0.2) is 34.8 Å². The fraction of sp³-hybridized carbons (Fsp3) is 0.316. The Balaban J connectivity index is 2.21. The molecule has 0 saturated heterocycles. The molecule has 0 aliphatic rings. The molecule has 0 bridgehead atoms. The van der Waals surface area contributed by atoms with E-state index < -0.39 is 10.0 Å². The largest absolute Gasteiger partial charge is 0.497 e. The number of aryl methyl sites for hydroxylation is 1. The molecule has 0 aliphatic carbocycles. The van der Waals surface area contributed by atoms with E-state index in [1.807, 2.05) is 13.0 Å². The van der Waals surface area contributed by atoms with Gasteiger partial charge in [0.1, 0.15) is 11.5 Å². The first-order valence-corrected chi connectivity index (χ1v) is 10.1. The van der Waals surface area contributed by atoms with Gasteiger partial charge in [0.05, 0.1) is 32.2 Å². The highest BCUT2D eigenvalue weighted by atomic mass is 32.2. The fourth-order valence-corrected chi connectivity index (χ4v) is 3.28. The smallest absolute Gasteiger partial charge is 0.251 e. The maximum absolute atomic E-state index is 12.6. The number of sulfonamides is 1. The van der Waals surface area contributed by atoms with Gasteiger partial charge in [-0.1, -0.05) is 0 Å². The Hall–Kier alpha value is -2.74. The molecule has 27 heavy (non-hydrogen) atoms. The zero-order valence-corrected chi connectivity index (χ0v) is 16.8. The summed E-state index contributed by atoms with van der Waals surface area (Å²) in [6.07, 6.45) is 1.08. The minimum atomic E-state index is -3.38. The van der Waals surface area contributed by atoms with Gasteiger partial charge in [-0.15, -0.1) is 0 Å². The molecule has 0 aromatic heterocycles. The van der Waals surface area contributed by atoms with Gasteiger partial charge in [-0.3, -0.25) is 9.52 Å². The number of hydrogen-bond acceptors (Lipinski definition) is 5. The molecule has 0 saturated carbocycles. The molecule has 8 heteroatoms. The topological polar surface area (TPSA) is 93.7 Å². The summed E-state index contributed by atoms with van der Waals surface area (Å²) in [6, 6.07) is 9.84. The van der Waals surface area contributed by atoms with Gasteiger partial charge in [-0.25, -0.2) is 8.42 Å². The first kappa shape index (κ1) is 20.6. The van der Waals surface area contributed by atoms with Crippen molar-refractivity contribution in [2.24, 2.45) is 0 Å². The van der Waals surface area contributed by atoms with Gasteiger partial charge in [0, 0.05) is 11.1 Å². The van der Waals surface area contributed by atoms with Crippen LogP contribution in [0.2, 0.25) is 0 Å². The second-order valence-electron chi connectivity index (χ2n) is 6.21. The van der Waals surface area contributed by atoms with Crippen LogP contribution in [0.15, 0.2) is 36.4 Å². The standard InChI is InChI=1S/C19H24N2O5S/c1-12-10-14(6-8-17(12)21-27(5,23)24)19(22)20-13(2)16-11-15(25-3)7-9-18(16)26-4/h6-11,13,21H,1-5H3,(H,20,22)/t13-/m1/s1. The molecule has 0 radical (unpaired) electrons. The van der Waals surface area contributed by atoms with Crippen molar-refractivity contribution in [1.29, 1.82) is 0 Å². The van der Waals surface area contributed by atoms with Crippen LogP contribution in [0.5, 0.6) is 11.5 Å². The Morgan fingerprint density at radius 3 is 2.33 bits per heavy atom. The van der Waals surface area contributed by atoms with E-state index in [2.05, 4.69) is 10.0 Å². The zero-order chi connectivity index (χ0) is 20.2. The van der Waals surface area contributed by atoms with Crippen molar-refractivity contribution in [1.82, 2.24) is 5.32 Å². The second-order valence-corrected chi connectivity index (χ2v) is 7.96. The van der Waals surface area contributed by atoms with E-state index in [1.54, 1.807) is 51.5 Å². The molecule has 0 fully saturated rings. The van der Waals surface area contributed by atoms with Crippen LogP contribution < -0.4 is 19.5 Å². The maximum atomic E-state index is 12.6. The van der Waals surface area contributed by atoms with E-state index in [0.717, 1.165) is 11.8 Å². The lowest BCUT2D eigenvalue weighted by Crippen LogP contribution is -2.27. The van der Waals surface area contributed by atoms with Crippen molar-refractivity contribution in [3.8, 4) is 11.5 Å². The van der Waals surface area contributed by atoms with Crippen LogP contribution in [0.4, 0.5) is 5.69 Å². The Labute approximate surface area is 159 Å². The molecular weight excluding hydrogens is 368 g/mol. The summed E-state index contributed by atoms with van der Waals surface area (Å²) in [5.41, 5.74) is 2.31. The van der Waals surface area contributed by atoms with Crippen molar-refractivity contribution >= 4 is 21.6 Å². The van der Waals surface area contributed by atoms with Crippen LogP contribution in [-0.2, 0) is 10.0 Å². The lowest BCUT2D eigenvalue weighted by atomic mass is 10.0. The number of carbonyl (C=O) groups is 1. The van der Waals surface area contributed by atoms with Gasteiger partial charge in [0.2, 0.25) is 10.0 Å². The minimum absolute atomic E-state index is 0.277. The number of nitrogens with one attached hydrogen (secondary N) is 2. The highest BCUT2D eigenvalue weighted by Crippen LogP contribution is 2.29. The number of rotatable bonds is 7. The summed E-state index contributed by atoms with van der Waals surface area (Å²) in [5, 5.41) is 2.92. The highest BCUT2D eigenvalue weighted by molar-refractivity contribution is 7.92. The van der Waals surface area contributed by atoms with Crippen LogP contribution >= 0.6 is 0 Å². The minimum Gasteiger partial charge on any atom is -0.497 e. The van der Waals surface area contributed by atoms with Crippen LogP contribution in [0.25, 0.3) is 0 Å². The van der Waals surface area contributed by atoms with Crippen molar-refractivity contribution < 1.29 is 22.7 Å². The van der Waals surface area contributed by atoms with Crippen LogP contribution in [0.3, 0.4) is 0 Å². The Bertz CT molecular complexity index is 941. The van der Waals surface area contributed by atoms with Crippen molar-refractivity contribution in [2.75, 3.05) is 25.2 Å². The Morgan fingerprint density at radius 1 is 1.07 bits per heavy atom. The molecule has 1 amide bonds. The van der Waals surface area contributed by atoms with Crippen LogP contribution in [0.1, 0.15) is 34.5 Å². The number of benzene rings is 2. The number of amides is 1. The third kappa shape index (κ3) is 5.37. The third-order valence-corrected chi connectivity index (χ3v) is 4.63. The van der Waals surface area contributed by atoms with E-state index in [0.29, 0.717) is 28.3 Å². The number of carbonyl (C=O) groups excluding carboxylic acids is 1. The molecule has 0 aliphatic heterocycles. The monoisotopic (exact) mass is 392 g/mol. The number of hydrogen-bond donors (Lipinski definition) is 2. The lowest BCUT2D eigenvalue weighted by molar-refractivity contribution is 0.0939. The molecule has 0 unspecified atom stereocenters. The SMILES string of the molecule is COc1ccc(OC)c([C@@H](C)NC(=O)c2ccc(NS(C)(=O)=O)c(C)c2)c1. The molecule has 146 valence electrons.